The third-order valence-corrected chi connectivity index (χ3v) is 9.37. The Morgan fingerprint density at radius 1 is 0.537 bits per heavy atom. The van der Waals surface area contributed by atoms with E-state index < -0.39 is 22.0 Å². The number of para-hydroxylation sites is 2. The molecule has 0 bridgehead atoms. The van der Waals surface area contributed by atoms with Gasteiger partial charge in [-0.2, -0.15) is 0 Å². The molecule has 7 heteroatoms. The highest BCUT2D eigenvalue weighted by Crippen LogP contribution is 2.41. The molecule has 1 amide bonds. The zero-order valence-electron chi connectivity index (χ0n) is 22.8. The van der Waals surface area contributed by atoms with Gasteiger partial charge in [0.15, 0.2) is 0 Å². The number of amides is 1. The second-order valence-electron chi connectivity index (χ2n) is 9.98. The van der Waals surface area contributed by atoms with Crippen molar-refractivity contribution in [2.75, 3.05) is 23.9 Å². The number of hydrogen-bond acceptors (Lipinski definition) is 5. The molecule has 0 atom stereocenters. The summed E-state index contributed by atoms with van der Waals surface area (Å²) < 4.78 is 28.6. The maximum atomic E-state index is 13.8. The molecule has 0 N–H and O–H groups in total. The van der Waals surface area contributed by atoms with E-state index in [-0.39, 0.29) is 10.5 Å². The zero-order chi connectivity index (χ0) is 28.6. The molecule has 0 aliphatic carbocycles. The average molecular weight is 560 g/mol. The fourth-order valence-corrected chi connectivity index (χ4v) is 7.02. The van der Waals surface area contributed by atoms with Gasteiger partial charge in [-0.1, -0.05) is 72.8 Å². The molecule has 0 fully saturated rings. The second kappa shape index (κ2) is 10.6. The monoisotopic (exact) mass is 559 g/mol. The molecule has 6 rings (SSSR count). The lowest BCUT2D eigenvalue weighted by Gasteiger charge is -2.29. The quantitative estimate of drug-likeness (QED) is 0.212. The number of hydrogen-bond donors (Lipinski definition) is 0. The molecule has 6 nitrogen and oxygen atoms in total. The molecule has 0 saturated carbocycles. The number of anilines is 4. The Kier molecular flexibility index (Phi) is 6.81. The first-order chi connectivity index (χ1) is 19.9. The summed E-state index contributed by atoms with van der Waals surface area (Å²) in [6.45, 7) is 0. The highest BCUT2D eigenvalue weighted by Gasteiger charge is 2.46. The van der Waals surface area contributed by atoms with Crippen LogP contribution in [0.2, 0.25) is 0 Å². The van der Waals surface area contributed by atoms with Gasteiger partial charge >= 0.3 is 0 Å². The van der Waals surface area contributed by atoms with Crippen molar-refractivity contribution in [3.05, 3.63) is 150 Å². The summed E-state index contributed by atoms with van der Waals surface area (Å²) in [7, 11) is -0.105. The van der Waals surface area contributed by atoms with Crippen molar-refractivity contribution in [3.63, 3.8) is 0 Å². The first kappa shape index (κ1) is 26.3. The van der Waals surface area contributed by atoms with Gasteiger partial charge in [0, 0.05) is 36.8 Å². The largest absolute Gasteiger partial charge is 0.345 e. The molecule has 5 aromatic rings. The van der Waals surface area contributed by atoms with Crippen molar-refractivity contribution >= 4 is 38.7 Å². The van der Waals surface area contributed by atoms with Gasteiger partial charge < -0.3 is 9.80 Å². The topological polar surface area (TPSA) is 60.9 Å². The van der Waals surface area contributed by atoms with E-state index in [0.717, 1.165) is 27.1 Å². The van der Waals surface area contributed by atoms with Crippen LogP contribution in [0.25, 0.3) is 0 Å². The van der Waals surface area contributed by atoms with Crippen molar-refractivity contribution in [3.8, 4) is 0 Å². The lowest BCUT2D eigenvalue weighted by Crippen LogP contribution is -2.35. The molecule has 0 radical (unpaired) electrons. The van der Waals surface area contributed by atoms with E-state index in [1.54, 1.807) is 18.2 Å². The molecule has 1 heterocycles. The van der Waals surface area contributed by atoms with Gasteiger partial charge in [-0.3, -0.25) is 4.79 Å². The molecule has 1 aliphatic rings. The average Bonchev–Trinajstić information content (AvgIpc) is 3.23. The van der Waals surface area contributed by atoms with Crippen molar-refractivity contribution in [2.45, 2.75) is 10.9 Å². The van der Waals surface area contributed by atoms with Crippen molar-refractivity contribution in [1.82, 2.24) is 4.31 Å². The molecule has 1 aliphatic heterocycles. The van der Waals surface area contributed by atoms with Crippen LogP contribution in [-0.2, 0) is 10.0 Å². The summed E-state index contributed by atoms with van der Waals surface area (Å²) in [5, 5.41) is 0. The predicted molar refractivity (Wildman–Crippen MR) is 164 cm³/mol. The van der Waals surface area contributed by atoms with E-state index >= 15 is 0 Å². The molecule has 41 heavy (non-hydrogen) atoms. The van der Waals surface area contributed by atoms with Gasteiger partial charge in [0.25, 0.3) is 15.9 Å². The Labute approximate surface area is 240 Å². The summed E-state index contributed by atoms with van der Waals surface area (Å²) in [6.07, 6.45) is 0. The van der Waals surface area contributed by atoms with E-state index in [9.17, 15) is 13.2 Å². The van der Waals surface area contributed by atoms with Crippen LogP contribution in [-0.4, -0.2) is 32.7 Å². The van der Waals surface area contributed by atoms with E-state index in [1.165, 1.54) is 6.07 Å². The number of rotatable bonds is 7. The van der Waals surface area contributed by atoms with Crippen LogP contribution in [0.1, 0.15) is 27.5 Å². The fourth-order valence-electron chi connectivity index (χ4n) is 5.28. The molecule has 0 aromatic heterocycles. The summed E-state index contributed by atoms with van der Waals surface area (Å²) in [5.74, 6) is -0.526. The highest BCUT2D eigenvalue weighted by molar-refractivity contribution is 7.90. The van der Waals surface area contributed by atoms with Gasteiger partial charge in [0.05, 0.1) is 11.6 Å². The number of fused-ring (bicyclic) bond motifs is 1. The first-order valence-corrected chi connectivity index (χ1v) is 14.8. The molecular weight excluding hydrogens is 530 g/mol. The van der Waals surface area contributed by atoms with Crippen molar-refractivity contribution in [1.29, 1.82) is 0 Å². The normalized spacial score (nSPS) is 13.7. The number of nitrogens with zero attached hydrogens (tertiary/aromatic N) is 3. The van der Waals surface area contributed by atoms with Gasteiger partial charge in [-0.05, 0) is 71.8 Å². The lowest BCUT2D eigenvalue weighted by atomic mass is 9.97. The molecule has 204 valence electrons. The Hall–Kier alpha value is -4.88. The molecule has 0 saturated heterocycles. The van der Waals surface area contributed by atoms with Crippen LogP contribution in [0.15, 0.2) is 138 Å². The number of carbonyl (C=O) groups excluding carboxylic acids is 1. The van der Waals surface area contributed by atoms with Crippen LogP contribution >= 0.6 is 0 Å². The molecule has 5 aromatic carbocycles. The van der Waals surface area contributed by atoms with E-state index in [2.05, 4.69) is 9.80 Å². The minimum absolute atomic E-state index is 0.0378. The standard InChI is InChI=1S/C34H29N3O3S/c1-35(27-11-5-3-6-12-27)29-21-17-25(18-22-29)33(37-34(38)31-15-9-10-16-32(31)41(37,39)40)26-19-23-30(24-20-26)36(2)28-13-7-4-8-14-28/h3-24,33H,1-2H3. The third-order valence-electron chi connectivity index (χ3n) is 7.57. The van der Waals surface area contributed by atoms with Crippen molar-refractivity contribution in [2.24, 2.45) is 0 Å². The van der Waals surface area contributed by atoms with Crippen LogP contribution in [0.4, 0.5) is 22.7 Å². The second-order valence-corrected chi connectivity index (χ2v) is 11.8. The number of benzene rings is 5. The summed E-state index contributed by atoms with van der Waals surface area (Å²) >= 11 is 0. The third kappa shape index (κ3) is 4.74. The Morgan fingerprint density at radius 3 is 1.37 bits per heavy atom. The smallest absolute Gasteiger partial charge is 0.269 e. The van der Waals surface area contributed by atoms with Crippen LogP contribution in [0.5, 0.6) is 0 Å². The Morgan fingerprint density at radius 2 is 0.927 bits per heavy atom. The van der Waals surface area contributed by atoms with Gasteiger partial charge in [-0.15, -0.1) is 0 Å². The summed E-state index contributed by atoms with van der Waals surface area (Å²) in [6, 6.07) is 40.9. The Balaban J connectivity index is 1.41. The highest BCUT2D eigenvalue weighted by atomic mass is 32.2. The zero-order valence-corrected chi connectivity index (χ0v) is 23.6. The van der Waals surface area contributed by atoms with Crippen molar-refractivity contribution < 1.29 is 13.2 Å². The van der Waals surface area contributed by atoms with Gasteiger partial charge in [0.1, 0.15) is 4.90 Å². The SMILES string of the molecule is CN(c1ccccc1)c1ccc(C(c2ccc(N(C)c3ccccc3)cc2)N2C(=O)c3ccccc3S2(=O)=O)cc1. The molecule has 0 unspecified atom stereocenters. The maximum absolute atomic E-state index is 13.8. The van der Waals surface area contributed by atoms with Gasteiger partial charge in [0.2, 0.25) is 0 Å². The Bertz CT molecular complexity index is 1700. The number of carbonyl (C=O) groups is 1. The fraction of sp³-hybridized carbons (Fsp3) is 0.0882. The van der Waals surface area contributed by atoms with Crippen LogP contribution in [0.3, 0.4) is 0 Å². The minimum atomic E-state index is -4.07. The summed E-state index contributed by atoms with van der Waals surface area (Å²) in [5.41, 5.74) is 5.53. The number of sulfonamides is 1. The first-order valence-electron chi connectivity index (χ1n) is 13.3. The van der Waals surface area contributed by atoms with E-state index in [4.69, 9.17) is 0 Å². The van der Waals surface area contributed by atoms with E-state index in [1.807, 2.05) is 123 Å². The van der Waals surface area contributed by atoms with Crippen LogP contribution < -0.4 is 9.80 Å². The molecule has 0 spiro atoms. The van der Waals surface area contributed by atoms with Crippen LogP contribution in [0, 0.1) is 0 Å². The maximum Gasteiger partial charge on any atom is 0.269 e. The minimum Gasteiger partial charge on any atom is -0.345 e. The summed E-state index contributed by atoms with van der Waals surface area (Å²) in [4.78, 5) is 17.8. The van der Waals surface area contributed by atoms with Gasteiger partial charge in [-0.25, -0.2) is 12.7 Å². The van der Waals surface area contributed by atoms with E-state index in [0.29, 0.717) is 11.1 Å². The lowest BCUT2D eigenvalue weighted by molar-refractivity contribution is 0.0846. The molecular formula is C34H29N3O3S. The predicted octanol–water partition coefficient (Wildman–Crippen LogP) is 7.16.